The molecule has 0 radical (unpaired) electrons. The van der Waals surface area contributed by atoms with Crippen LogP contribution in [0.5, 0.6) is 0 Å². The summed E-state index contributed by atoms with van der Waals surface area (Å²) in [7, 11) is 0. The number of benzene rings is 2. The zero-order valence-electron chi connectivity index (χ0n) is 14.8. The molecule has 0 aromatic heterocycles. The first-order valence-electron chi connectivity index (χ1n) is 8.79. The third-order valence-corrected chi connectivity index (χ3v) is 4.96. The Morgan fingerprint density at radius 1 is 1.08 bits per heavy atom. The fourth-order valence-corrected chi connectivity index (χ4v) is 3.34. The fraction of sp³-hybridized carbons (Fsp3) is 0.333. The summed E-state index contributed by atoms with van der Waals surface area (Å²) in [5.41, 5.74) is 2.20. The van der Waals surface area contributed by atoms with E-state index in [2.05, 4.69) is 12.2 Å². The molecule has 25 heavy (non-hydrogen) atoms. The second-order valence-corrected chi connectivity index (χ2v) is 6.69. The van der Waals surface area contributed by atoms with Crippen LogP contribution in [0.2, 0.25) is 0 Å². The van der Waals surface area contributed by atoms with E-state index < -0.39 is 5.54 Å². The van der Waals surface area contributed by atoms with E-state index in [-0.39, 0.29) is 11.8 Å². The van der Waals surface area contributed by atoms with Crippen LogP contribution in [-0.4, -0.2) is 17.4 Å². The van der Waals surface area contributed by atoms with Crippen LogP contribution in [-0.2, 0) is 22.6 Å². The third-order valence-electron chi connectivity index (χ3n) is 4.96. The van der Waals surface area contributed by atoms with Crippen LogP contribution < -0.4 is 10.2 Å². The summed E-state index contributed by atoms with van der Waals surface area (Å²) >= 11 is 0. The Kier molecular flexibility index (Phi) is 4.88. The second kappa shape index (κ2) is 7.09. The Bertz CT molecular complexity index is 755. The molecule has 4 heteroatoms. The largest absolute Gasteiger partial charge is 0.350 e. The molecule has 1 aliphatic heterocycles. The van der Waals surface area contributed by atoms with E-state index >= 15 is 0 Å². The van der Waals surface area contributed by atoms with Gasteiger partial charge in [-0.15, -0.1) is 0 Å². The van der Waals surface area contributed by atoms with Crippen molar-refractivity contribution in [1.29, 1.82) is 0 Å². The van der Waals surface area contributed by atoms with Crippen LogP contribution in [0.1, 0.15) is 37.8 Å². The van der Waals surface area contributed by atoms with Gasteiger partial charge in [0.2, 0.25) is 11.8 Å². The highest BCUT2D eigenvalue weighted by molar-refractivity contribution is 6.06. The summed E-state index contributed by atoms with van der Waals surface area (Å²) in [5, 5.41) is 2.99. The number of nitrogens with one attached hydrogen (secondary N) is 1. The Hall–Kier alpha value is -2.62. The Labute approximate surface area is 148 Å². The van der Waals surface area contributed by atoms with Gasteiger partial charge in [0.25, 0.3) is 0 Å². The second-order valence-electron chi connectivity index (χ2n) is 6.69. The summed E-state index contributed by atoms with van der Waals surface area (Å²) < 4.78 is 0. The summed E-state index contributed by atoms with van der Waals surface area (Å²) in [4.78, 5) is 27.0. The van der Waals surface area contributed by atoms with E-state index in [0.29, 0.717) is 19.4 Å². The number of carbonyl (C=O) groups excluding carboxylic acids is 2. The van der Waals surface area contributed by atoms with E-state index in [1.165, 1.54) is 5.56 Å². The molecule has 130 valence electrons. The van der Waals surface area contributed by atoms with Crippen molar-refractivity contribution in [2.45, 2.75) is 45.2 Å². The molecule has 3 rings (SSSR count). The number of aryl methyl sites for hydroxylation is 1. The maximum absolute atomic E-state index is 12.9. The summed E-state index contributed by atoms with van der Waals surface area (Å²) in [6.07, 6.45) is 1.87. The predicted molar refractivity (Wildman–Crippen MR) is 99.2 cm³/mol. The Morgan fingerprint density at radius 3 is 2.40 bits per heavy atom. The third kappa shape index (κ3) is 3.43. The van der Waals surface area contributed by atoms with Crippen LogP contribution in [0.3, 0.4) is 0 Å². The number of carbonyl (C=O) groups is 2. The van der Waals surface area contributed by atoms with E-state index in [1.54, 1.807) is 4.90 Å². The van der Waals surface area contributed by atoms with Crippen molar-refractivity contribution in [3.8, 4) is 0 Å². The SMILES string of the molecule is CCc1ccc(N2C(=O)CCC2(C)C(=O)NCc2ccccc2)cc1. The molecule has 4 nitrogen and oxygen atoms in total. The van der Waals surface area contributed by atoms with Gasteiger partial charge in [-0.25, -0.2) is 0 Å². The van der Waals surface area contributed by atoms with Crippen molar-refractivity contribution in [1.82, 2.24) is 5.32 Å². The summed E-state index contributed by atoms with van der Waals surface area (Å²) in [5.74, 6) is -0.108. The number of rotatable bonds is 5. The molecule has 1 fully saturated rings. The smallest absolute Gasteiger partial charge is 0.246 e. The quantitative estimate of drug-likeness (QED) is 0.909. The predicted octanol–water partition coefficient (Wildman–Crippen LogP) is 3.45. The lowest BCUT2D eigenvalue weighted by Crippen LogP contribution is -2.54. The number of anilines is 1. The molecular formula is C21H24N2O2. The van der Waals surface area contributed by atoms with Crippen LogP contribution in [0.25, 0.3) is 0 Å². The maximum atomic E-state index is 12.9. The molecule has 1 aliphatic rings. The van der Waals surface area contributed by atoms with Crippen LogP contribution >= 0.6 is 0 Å². The van der Waals surface area contributed by atoms with Crippen molar-refractivity contribution in [3.05, 3.63) is 65.7 Å². The molecule has 2 amide bonds. The van der Waals surface area contributed by atoms with Gasteiger partial charge in [-0.05, 0) is 43.0 Å². The van der Waals surface area contributed by atoms with Crippen molar-refractivity contribution in [2.24, 2.45) is 0 Å². The van der Waals surface area contributed by atoms with Crippen LogP contribution in [0.4, 0.5) is 5.69 Å². The first-order valence-corrected chi connectivity index (χ1v) is 8.79. The molecule has 1 atom stereocenters. The van der Waals surface area contributed by atoms with Gasteiger partial charge in [0, 0.05) is 18.7 Å². The highest BCUT2D eigenvalue weighted by Crippen LogP contribution is 2.35. The standard InChI is InChI=1S/C21H24N2O2/c1-3-16-9-11-18(12-10-16)23-19(24)13-14-21(23,2)20(25)22-15-17-7-5-4-6-8-17/h4-12H,3,13-15H2,1-2H3,(H,22,25). The van der Waals surface area contributed by atoms with Crippen molar-refractivity contribution < 1.29 is 9.59 Å². The number of hydrogen-bond donors (Lipinski definition) is 1. The van der Waals surface area contributed by atoms with Gasteiger partial charge in [0.05, 0.1) is 0 Å². The van der Waals surface area contributed by atoms with Crippen molar-refractivity contribution in [2.75, 3.05) is 4.90 Å². The fourth-order valence-electron chi connectivity index (χ4n) is 3.34. The zero-order valence-corrected chi connectivity index (χ0v) is 14.8. The molecule has 0 saturated carbocycles. The Morgan fingerprint density at radius 2 is 1.76 bits per heavy atom. The van der Waals surface area contributed by atoms with Crippen LogP contribution in [0.15, 0.2) is 54.6 Å². The van der Waals surface area contributed by atoms with E-state index in [9.17, 15) is 9.59 Å². The molecule has 0 bridgehead atoms. The average Bonchev–Trinajstić information content (AvgIpc) is 2.96. The van der Waals surface area contributed by atoms with Gasteiger partial charge < -0.3 is 5.32 Å². The first kappa shape index (κ1) is 17.2. The van der Waals surface area contributed by atoms with Gasteiger partial charge in [-0.2, -0.15) is 0 Å². The Balaban J connectivity index is 1.79. The molecule has 0 aliphatic carbocycles. The van der Waals surface area contributed by atoms with Gasteiger partial charge in [0.1, 0.15) is 5.54 Å². The van der Waals surface area contributed by atoms with E-state index in [0.717, 1.165) is 17.7 Å². The normalized spacial score (nSPS) is 19.9. The number of amides is 2. The molecule has 0 spiro atoms. The van der Waals surface area contributed by atoms with E-state index in [1.807, 2.05) is 61.5 Å². The lowest BCUT2D eigenvalue weighted by molar-refractivity contribution is -0.127. The summed E-state index contributed by atoms with van der Waals surface area (Å²) in [6, 6.07) is 17.7. The average molecular weight is 336 g/mol. The van der Waals surface area contributed by atoms with Gasteiger partial charge in [-0.3, -0.25) is 14.5 Å². The monoisotopic (exact) mass is 336 g/mol. The molecule has 1 N–H and O–H groups in total. The minimum atomic E-state index is -0.848. The molecule has 2 aromatic rings. The highest BCUT2D eigenvalue weighted by Gasteiger charge is 2.47. The molecule has 1 unspecified atom stereocenters. The highest BCUT2D eigenvalue weighted by atomic mass is 16.2. The topological polar surface area (TPSA) is 49.4 Å². The first-order chi connectivity index (χ1) is 12.0. The lowest BCUT2D eigenvalue weighted by Gasteiger charge is -2.34. The molecule has 1 heterocycles. The minimum Gasteiger partial charge on any atom is -0.350 e. The lowest BCUT2D eigenvalue weighted by atomic mass is 9.96. The maximum Gasteiger partial charge on any atom is 0.246 e. The van der Waals surface area contributed by atoms with Gasteiger partial charge >= 0.3 is 0 Å². The van der Waals surface area contributed by atoms with Crippen molar-refractivity contribution in [3.63, 3.8) is 0 Å². The molecule has 2 aromatic carbocycles. The van der Waals surface area contributed by atoms with Crippen molar-refractivity contribution >= 4 is 17.5 Å². The van der Waals surface area contributed by atoms with Crippen LogP contribution in [0, 0.1) is 0 Å². The van der Waals surface area contributed by atoms with E-state index in [4.69, 9.17) is 0 Å². The number of nitrogens with zero attached hydrogens (tertiary/aromatic N) is 1. The molecular weight excluding hydrogens is 312 g/mol. The summed E-state index contributed by atoms with van der Waals surface area (Å²) in [6.45, 7) is 4.41. The number of hydrogen-bond acceptors (Lipinski definition) is 2. The zero-order chi connectivity index (χ0) is 17.9. The van der Waals surface area contributed by atoms with Gasteiger partial charge in [-0.1, -0.05) is 49.4 Å². The van der Waals surface area contributed by atoms with Gasteiger partial charge in [0.15, 0.2) is 0 Å². The minimum absolute atomic E-state index is 0.00149. The molecule has 1 saturated heterocycles.